The zero-order valence-corrected chi connectivity index (χ0v) is 12.8. The van der Waals surface area contributed by atoms with E-state index < -0.39 is 0 Å². The third-order valence-corrected chi connectivity index (χ3v) is 4.94. The molecule has 2 N–H and O–H groups in total. The highest BCUT2D eigenvalue weighted by Crippen LogP contribution is 2.34. The average molecular weight is 321 g/mol. The maximum absolute atomic E-state index is 13.1. The fourth-order valence-corrected chi connectivity index (χ4v) is 3.41. The lowest BCUT2D eigenvalue weighted by Gasteiger charge is -1.97. The molecule has 0 aliphatic rings. The van der Waals surface area contributed by atoms with E-state index in [-0.39, 0.29) is 5.82 Å². The van der Waals surface area contributed by atoms with Crippen LogP contribution in [-0.2, 0) is 5.75 Å². The fourth-order valence-electron chi connectivity index (χ4n) is 1.73. The summed E-state index contributed by atoms with van der Waals surface area (Å²) in [4.78, 5) is 5.95. The number of thiophene rings is 1. The molecule has 2 heterocycles. The molecule has 21 heavy (non-hydrogen) atoms. The van der Waals surface area contributed by atoms with Crippen LogP contribution < -0.4 is 5.73 Å². The number of aryl methyl sites for hydroxylation is 1. The topological polar surface area (TPSA) is 64.9 Å². The second kappa shape index (κ2) is 5.87. The van der Waals surface area contributed by atoms with Crippen LogP contribution in [0, 0.1) is 12.7 Å². The number of thioether (sulfide) groups is 1. The van der Waals surface area contributed by atoms with Crippen molar-refractivity contribution < 1.29 is 8.91 Å². The average Bonchev–Trinajstić information content (AvgIpc) is 3.05. The van der Waals surface area contributed by atoms with Crippen molar-refractivity contribution in [2.75, 3.05) is 5.73 Å². The second-order valence-corrected chi connectivity index (χ2v) is 6.35. The van der Waals surface area contributed by atoms with Crippen LogP contribution in [0.1, 0.15) is 11.4 Å². The standard InChI is InChI=1S/C14H12FN3OS2/c1-8-6-21-13(12(8)16)14-17-11(18-19-14)7-20-10-4-2-3-9(15)5-10/h2-6H,7,16H2,1H3. The van der Waals surface area contributed by atoms with Gasteiger partial charge in [0, 0.05) is 4.90 Å². The first kappa shape index (κ1) is 14.1. The summed E-state index contributed by atoms with van der Waals surface area (Å²) in [5.41, 5.74) is 7.64. The molecule has 2 aromatic heterocycles. The highest BCUT2D eigenvalue weighted by Gasteiger charge is 2.15. The van der Waals surface area contributed by atoms with Crippen molar-refractivity contribution in [1.29, 1.82) is 0 Å². The molecular formula is C14H12FN3OS2. The Kier molecular flexibility index (Phi) is 3.94. The van der Waals surface area contributed by atoms with E-state index in [9.17, 15) is 4.39 Å². The Morgan fingerprint density at radius 1 is 1.43 bits per heavy atom. The third-order valence-electron chi connectivity index (χ3n) is 2.85. The fraction of sp³-hybridized carbons (Fsp3) is 0.143. The summed E-state index contributed by atoms with van der Waals surface area (Å²) in [5, 5.41) is 5.89. The summed E-state index contributed by atoms with van der Waals surface area (Å²) < 4.78 is 18.3. The molecule has 3 aromatic rings. The van der Waals surface area contributed by atoms with Crippen molar-refractivity contribution in [2.45, 2.75) is 17.6 Å². The van der Waals surface area contributed by atoms with E-state index >= 15 is 0 Å². The molecule has 0 spiro atoms. The predicted molar refractivity (Wildman–Crippen MR) is 82.7 cm³/mol. The summed E-state index contributed by atoms with van der Waals surface area (Å²) in [7, 11) is 0. The number of hydrogen-bond acceptors (Lipinski definition) is 6. The first-order valence-corrected chi connectivity index (χ1v) is 8.05. The molecule has 7 heteroatoms. The molecule has 0 amide bonds. The minimum Gasteiger partial charge on any atom is -0.397 e. The highest BCUT2D eigenvalue weighted by atomic mass is 32.2. The van der Waals surface area contributed by atoms with Crippen molar-refractivity contribution in [2.24, 2.45) is 0 Å². The molecule has 108 valence electrons. The Morgan fingerprint density at radius 3 is 3.00 bits per heavy atom. The van der Waals surface area contributed by atoms with Gasteiger partial charge in [0.15, 0.2) is 5.82 Å². The number of benzene rings is 1. The first-order valence-electron chi connectivity index (χ1n) is 6.18. The van der Waals surface area contributed by atoms with Crippen molar-refractivity contribution in [3.8, 4) is 10.8 Å². The van der Waals surface area contributed by atoms with E-state index in [0.29, 0.717) is 23.2 Å². The molecular weight excluding hydrogens is 309 g/mol. The minimum atomic E-state index is -0.254. The Morgan fingerprint density at radius 2 is 2.29 bits per heavy atom. The molecule has 0 aliphatic carbocycles. The molecule has 3 rings (SSSR count). The van der Waals surface area contributed by atoms with E-state index in [1.807, 2.05) is 18.4 Å². The number of rotatable bonds is 4. The zero-order valence-electron chi connectivity index (χ0n) is 11.2. The summed E-state index contributed by atoms with van der Waals surface area (Å²) >= 11 is 2.93. The van der Waals surface area contributed by atoms with E-state index in [4.69, 9.17) is 10.3 Å². The zero-order chi connectivity index (χ0) is 14.8. The number of nitrogens with zero attached hydrogens (tertiary/aromatic N) is 2. The van der Waals surface area contributed by atoms with Crippen molar-refractivity contribution in [1.82, 2.24) is 10.1 Å². The van der Waals surface area contributed by atoms with Crippen LogP contribution in [0.3, 0.4) is 0 Å². The van der Waals surface area contributed by atoms with Gasteiger partial charge in [0.1, 0.15) is 10.7 Å². The van der Waals surface area contributed by atoms with Gasteiger partial charge in [-0.3, -0.25) is 0 Å². The lowest BCUT2D eigenvalue weighted by atomic mass is 10.3. The molecule has 4 nitrogen and oxygen atoms in total. The van der Waals surface area contributed by atoms with E-state index in [1.54, 1.807) is 6.07 Å². The molecule has 0 atom stereocenters. The van der Waals surface area contributed by atoms with Gasteiger partial charge in [0.25, 0.3) is 5.89 Å². The summed E-state index contributed by atoms with van der Waals surface area (Å²) in [6.07, 6.45) is 0. The van der Waals surface area contributed by atoms with Gasteiger partial charge in [0.05, 0.1) is 11.4 Å². The van der Waals surface area contributed by atoms with Crippen LogP contribution in [0.5, 0.6) is 0 Å². The molecule has 0 saturated carbocycles. The Bertz CT molecular complexity index is 769. The van der Waals surface area contributed by atoms with Crippen molar-refractivity contribution in [3.05, 3.63) is 46.9 Å². The van der Waals surface area contributed by atoms with Gasteiger partial charge in [-0.2, -0.15) is 4.98 Å². The number of nitrogen functional groups attached to an aromatic ring is 1. The molecule has 0 saturated heterocycles. The van der Waals surface area contributed by atoms with Crippen molar-refractivity contribution in [3.63, 3.8) is 0 Å². The van der Waals surface area contributed by atoms with Gasteiger partial charge in [-0.1, -0.05) is 11.2 Å². The largest absolute Gasteiger partial charge is 0.397 e. The Balaban J connectivity index is 1.72. The second-order valence-electron chi connectivity index (χ2n) is 4.42. The van der Waals surface area contributed by atoms with Gasteiger partial charge in [-0.25, -0.2) is 4.39 Å². The summed E-state index contributed by atoms with van der Waals surface area (Å²) in [6, 6.07) is 6.41. The molecule has 0 unspecified atom stereocenters. The van der Waals surface area contributed by atoms with Crippen LogP contribution in [0.2, 0.25) is 0 Å². The smallest absolute Gasteiger partial charge is 0.270 e. The maximum atomic E-state index is 13.1. The monoisotopic (exact) mass is 321 g/mol. The van der Waals surface area contributed by atoms with E-state index in [0.717, 1.165) is 15.3 Å². The third kappa shape index (κ3) is 3.08. The SMILES string of the molecule is Cc1csc(-c2nc(CSc3cccc(F)c3)no2)c1N. The summed E-state index contributed by atoms with van der Waals surface area (Å²) in [5.74, 6) is 1.25. The lowest BCUT2D eigenvalue weighted by Crippen LogP contribution is -1.88. The number of nitrogens with two attached hydrogens (primary N) is 1. The van der Waals surface area contributed by atoms with Crippen molar-refractivity contribution >= 4 is 28.8 Å². The van der Waals surface area contributed by atoms with Crippen LogP contribution in [0.15, 0.2) is 39.1 Å². The van der Waals surface area contributed by atoms with Crippen LogP contribution in [-0.4, -0.2) is 10.1 Å². The van der Waals surface area contributed by atoms with E-state index in [1.165, 1.54) is 35.2 Å². The molecule has 0 bridgehead atoms. The van der Waals surface area contributed by atoms with Gasteiger partial charge in [0.2, 0.25) is 0 Å². The van der Waals surface area contributed by atoms with Crippen LogP contribution >= 0.6 is 23.1 Å². The van der Waals surface area contributed by atoms with Gasteiger partial charge < -0.3 is 10.3 Å². The molecule has 0 fully saturated rings. The van der Waals surface area contributed by atoms with Gasteiger partial charge in [-0.05, 0) is 36.1 Å². The number of hydrogen-bond donors (Lipinski definition) is 1. The normalized spacial score (nSPS) is 11.0. The van der Waals surface area contributed by atoms with Gasteiger partial charge in [-0.15, -0.1) is 23.1 Å². The molecule has 1 aromatic carbocycles. The molecule has 0 aliphatic heterocycles. The van der Waals surface area contributed by atoms with Crippen LogP contribution in [0.4, 0.5) is 10.1 Å². The Hall–Kier alpha value is -1.86. The van der Waals surface area contributed by atoms with Crippen LogP contribution in [0.25, 0.3) is 10.8 Å². The molecule has 0 radical (unpaired) electrons. The maximum Gasteiger partial charge on any atom is 0.270 e. The first-order chi connectivity index (χ1) is 10.1. The number of anilines is 1. The highest BCUT2D eigenvalue weighted by molar-refractivity contribution is 7.98. The number of halogens is 1. The quantitative estimate of drug-likeness (QED) is 0.732. The summed E-state index contributed by atoms with van der Waals surface area (Å²) in [6.45, 7) is 1.94. The Labute approximate surface area is 129 Å². The predicted octanol–water partition coefficient (Wildman–Crippen LogP) is 4.12. The minimum absolute atomic E-state index is 0.254. The van der Waals surface area contributed by atoms with Gasteiger partial charge >= 0.3 is 0 Å². The van der Waals surface area contributed by atoms with E-state index in [2.05, 4.69) is 10.1 Å². The lowest BCUT2D eigenvalue weighted by molar-refractivity contribution is 0.426. The number of aromatic nitrogens is 2.